The summed E-state index contributed by atoms with van der Waals surface area (Å²) < 4.78 is 11.1. The molecule has 1 aliphatic heterocycles. The van der Waals surface area contributed by atoms with Crippen LogP contribution in [-0.4, -0.2) is 16.8 Å². The molecule has 1 unspecified atom stereocenters. The van der Waals surface area contributed by atoms with E-state index in [1.165, 1.54) is 6.07 Å². The molecule has 1 saturated heterocycles. The molecule has 1 N–H and O–H groups in total. The van der Waals surface area contributed by atoms with Crippen LogP contribution >= 0.6 is 0 Å². The van der Waals surface area contributed by atoms with Crippen molar-refractivity contribution in [2.24, 2.45) is 0 Å². The minimum atomic E-state index is -1.33. The van der Waals surface area contributed by atoms with Crippen LogP contribution in [0.3, 0.4) is 0 Å². The number of amides is 3. The van der Waals surface area contributed by atoms with Crippen molar-refractivity contribution in [2.45, 2.75) is 25.9 Å². The molecule has 1 atom stereocenters. The van der Waals surface area contributed by atoms with Crippen molar-refractivity contribution in [1.82, 2.24) is 10.2 Å². The van der Waals surface area contributed by atoms with Gasteiger partial charge in [0.2, 0.25) is 0 Å². The SMILES string of the molecule is Cc1ccc2c(CN3C(=O)NC(C)(c4cc5ccccc5o4)C3=O)cc(=O)oc2c1. The van der Waals surface area contributed by atoms with E-state index in [0.717, 1.165) is 15.8 Å². The fourth-order valence-electron chi connectivity index (χ4n) is 3.87. The zero-order chi connectivity index (χ0) is 21.0. The smallest absolute Gasteiger partial charge is 0.336 e. The zero-order valence-electron chi connectivity index (χ0n) is 16.4. The van der Waals surface area contributed by atoms with Crippen LogP contribution in [0.2, 0.25) is 0 Å². The number of aryl methyl sites for hydroxylation is 1. The van der Waals surface area contributed by atoms with Gasteiger partial charge in [-0.05, 0) is 43.2 Å². The number of urea groups is 1. The Hall–Kier alpha value is -3.87. The Labute approximate surface area is 170 Å². The molecule has 0 radical (unpaired) electrons. The topological polar surface area (TPSA) is 92.8 Å². The van der Waals surface area contributed by atoms with Crippen molar-refractivity contribution in [3.05, 3.63) is 81.9 Å². The minimum Gasteiger partial charge on any atom is -0.458 e. The number of rotatable bonds is 3. The lowest BCUT2D eigenvalue weighted by molar-refractivity contribution is -0.132. The first-order chi connectivity index (χ1) is 14.3. The highest BCUT2D eigenvalue weighted by atomic mass is 16.4. The average Bonchev–Trinajstić information content (AvgIpc) is 3.23. The molecule has 2 aromatic heterocycles. The van der Waals surface area contributed by atoms with E-state index in [-0.39, 0.29) is 6.54 Å². The van der Waals surface area contributed by atoms with E-state index in [1.807, 2.05) is 37.3 Å². The molecule has 4 aromatic rings. The van der Waals surface area contributed by atoms with Crippen molar-refractivity contribution in [3.63, 3.8) is 0 Å². The fourth-order valence-corrected chi connectivity index (χ4v) is 3.87. The van der Waals surface area contributed by atoms with E-state index in [4.69, 9.17) is 8.83 Å². The summed E-state index contributed by atoms with van der Waals surface area (Å²) in [6.45, 7) is 3.46. The van der Waals surface area contributed by atoms with Crippen molar-refractivity contribution >= 4 is 33.9 Å². The number of carbonyl (C=O) groups excluding carboxylic acids is 2. The first-order valence-electron chi connectivity index (χ1n) is 9.52. The Morgan fingerprint density at radius 3 is 2.57 bits per heavy atom. The number of furan rings is 1. The number of carbonyl (C=O) groups is 2. The highest BCUT2D eigenvalue weighted by molar-refractivity contribution is 6.07. The number of hydrogen-bond acceptors (Lipinski definition) is 5. The van der Waals surface area contributed by atoms with E-state index in [1.54, 1.807) is 25.1 Å². The number of hydrogen-bond donors (Lipinski definition) is 1. The van der Waals surface area contributed by atoms with Gasteiger partial charge in [0.25, 0.3) is 5.91 Å². The minimum absolute atomic E-state index is 0.0500. The summed E-state index contributed by atoms with van der Waals surface area (Å²) >= 11 is 0. The summed E-state index contributed by atoms with van der Waals surface area (Å²) in [6, 6.07) is 15.4. The standard InChI is InChI=1S/C23H18N2O5/c1-13-7-8-16-15(11-20(26)30-18(16)9-13)12-25-21(27)23(2,24-22(25)28)19-10-14-5-3-4-6-17(14)29-19/h3-11H,12H2,1-2H3,(H,24,28). The predicted molar refractivity (Wildman–Crippen MR) is 110 cm³/mol. The quantitative estimate of drug-likeness (QED) is 0.415. The summed E-state index contributed by atoms with van der Waals surface area (Å²) in [6.07, 6.45) is 0. The zero-order valence-corrected chi connectivity index (χ0v) is 16.4. The van der Waals surface area contributed by atoms with E-state index in [9.17, 15) is 14.4 Å². The highest BCUT2D eigenvalue weighted by Gasteiger charge is 2.51. The van der Waals surface area contributed by atoms with Gasteiger partial charge in [-0.25, -0.2) is 9.59 Å². The third kappa shape index (κ3) is 2.70. The molecule has 5 rings (SSSR count). The van der Waals surface area contributed by atoms with Crippen LogP contribution in [0.5, 0.6) is 0 Å². The fraction of sp³-hybridized carbons (Fsp3) is 0.174. The van der Waals surface area contributed by atoms with E-state index in [2.05, 4.69) is 5.32 Å². The van der Waals surface area contributed by atoms with Gasteiger partial charge in [0.1, 0.15) is 16.9 Å². The molecule has 30 heavy (non-hydrogen) atoms. The van der Waals surface area contributed by atoms with Gasteiger partial charge in [0.05, 0.1) is 6.54 Å². The Morgan fingerprint density at radius 2 is 1.77 bits per heavy atom. The number of benzene rings is 2. The van der Waals surface area contributed by atoms with Crippen LogP contribution in [0.25, 0.3) is 21.9 Å². The molecular weight excluding hydrogens is 384 g/mol. The molecule has 0 saturated carbocycles. The maximum atomic E-state index is 13.3. The van der Waals surface area contributed by atoms with Crippen molar-refractivity contribution in [1.29, 1.82) is 0 Å². The normalized spacial score (nSPS) is 19.1. The summed E-state index contributed by atoms with van der Waals surface area (Å²) in [5.74, 6) is -0.0855. The second kappa shape index (κ2) is 6.32. The van der Waals surface area contributed by atoms with Gasteiger partial charge in [-0.2, -0.15) is 0 Å². The van der Waals surface area contributed by atoms with E-state index < -0.39 is 23.1 Å². The number of para-hydroxylation sites is 1. The molecule has 2 aromatic carbocycles. The largest absolute Gasteiger partial charge is 0.458 e. The van der Waals surface area contributed by atoms with Crippen LogP contribution in [0.15, 0.2) is 68.2 Å². The number of fused-ring (bicyclic) bond motifs is 2. The van der Waals surface area contributed by atoms with Crippen LogP contribution in [0.4, 0.5) is 4.79 Å². The lowest BCUT2D eigenvalue weighted by atomic mass is 9.98. The molecule has 0 bridgehead atoms. The van der Waals surface area contributed by atoms with Gasteiger partial charge in [-0.3, -0.25) is 9.69 Å². The second-order valence-electron chi connectivity index (χ2n) is 7.69. The van der Waals surface area contributed by atoms with E-state index in [0.29, 0.717) is 27.9 Å². The number of nitrogens with one attached hydrogen (secondary N) is 1. The summed E-state index contributed by atoms with van der Waals surface area (Å²) in [4.78, 5) is 39.1. The lowest BCUT2D eigenvalue weighted by Crippen LogP contribution is -2.40. The van der Waals surface area contributed by atoms with Gasteiger partial charge in [-0.1, -0.05) is 30.3 Å². The molecular formula is C23H18N2O5. The Kier molecular flexibility index (Phi) is 3.83. The first-order valence-corrected chi connectivity index (χ1v) is 9.52. The van der Waals surface area contributed by atoms with Crippen LogP contribution in [0, 0.1) is 6.92 Å². The van der Waals surface area contributed by atoms with Gasteiger partial charge in [-0.15, -0.1) is 0 Å². The van der Waals surface area contributed by atoms with Gasteiger partial charge < -0.3 is 14.2 Å². The van der Waals surface area contributed by atoms with Crippen LogP contribution in [0.1, 0.15) is 23.8 Å². The third-order valence-electron chi connectivity index (χ3n) is 5.51. The molecule has 1 aliphatic rings. The molecule has 150 valence electrons. The van der Waals surface area contributed by atoms with Crippen molar-refractivity contribution in [2.75, 3.05) is 0 Å². The highest BCUT2D eigenvalue weighted by Crippen LogP contribution is 2.34. The Morgan fingerprint density at radius 1 is 0.967 bits per heavy atom. The number of imide groups is 1. The molecule has 0 spiro atoms. The molecule has 7 heteroatoms. The number of nitrogens with zero attached hydrogens (tertiary/aromatic N) is 1. The van der Waals surface area contributed by atoms with Crippen molar-refractivity contribution in [3.8, 4) is 0 Å². The first kappa shape index (κ1) is 18.2. The average molecular weight is 402 g/mol. The third-order valence-corrected chi connectivity index (χ3v) is 5.51. The maximum Gasteiger partial charge on any atom is 0.336 e. The van der Waals surface area contributed by atoms with Gasteiger partial charge in [0, 0.05) is 16.8 Å². The molecule has 1 fully saturated rings. The Balaban J connectivity index is 1.54. The maximum absolute atomic E-state index is 13.3. The second-order valence-corrected chi connectivity index (χ2v) is 7.69. The van der Waals surface area contributed by atoms with Crippen LogP contribution < -0.4 is 10.9 Å². The van der Waals surface area contributed by atoms with E-state index >= 15 is 0 Å². The summed E-state index contributed by atoms with van der Waals surface area (Å²) in [5.41, 5.74) is 0.673. The lowest BCUT2D eigenvalue weighted by Gasteiger charge is -2.19. The van der Waals surface area contributed by atoms with Gasteiger partial charge in [0.15, 0.2) is 5.54 Å². The molecule has 3 heterocycles. The Bertz CT molecular complexity index is 1370. The summed E-state index contributed by atoms with van der Waals surface area (Å²) in [7, 11) is 0. The monoisotopic (exact) mass is 402 g/mol. The predicted octanol–water partition coefficient (Wildman–Crippen LogP) is 3.81. The van der Waals surface area contributed by atoms with Crippen molar-refractivity contribution < 1.29 is 18.4 Å². The summed E-state index contributed by atoms with van der Waals surface area (Å²) in [5, 5.41) is 4.26. The molecule has 3 amide bonds. The van der Waals surface area contributed by atoms with Gasteiger partial charge >= 0.3 is 11.7 Å². The van der Waals surface area contributed by atoms with Crippen LogP contribution in [-0.2, 0) is 16.9 Å². The molecule has 0 aliphatic carbocycles. The molecule has 7 nitrogen and oxygen atoms in total.